The third-order valence-corrected chi connectivity index (χ3v) is 2.96. The van der Waals surface area contributed by atoms with Gasteiger partial charge in [-0.25, -0.2) is 4.39 Å². The van der Waals surface area contributed by atoms with Gasteiger partial charge in [0.15, 0.2) is 0 Å². The molecule has 0 amide bonds. The molecule has 0 saturated carbocycles. The molecular formula is C17H23F. The largest absolute Gasteiger partial charge is 0.243 e. The Morgan fingerprint density at radius 1 is 1.11 bits per heavy atom. The van der Waals surface area contributed by atoms with Crippen LogP contribution in [0, 0.1) is 0 Å². The molecule has 1 unspecified atom stereocenters. The van der Waals surface area contributed by atoms with E-state index in [4.69, 9.17) is 0 Å². The molecular weight excluding hydrogens is 223 g/mol. The monoisotopic (exact) mass is 246 g/mol. The second kappa shape index (κ2) is 7.86. The van der Waals surface area contributed by atoms with Gasteiger partial charge in [0.05, 0.1) is 0 Å². The molecule has 0 heterocycles. The van der Waals surface area contributed by atoms with Gasteiger partial charge in [-0.05, 0) is 29.5 Å². The Morgan fingerprint density at radius 2 is 1.72 bits per heavy atom. The van der Waals surface area contributed by atoms with E-state index in [1.54, 1.807) is 6.08 Å². The minimum absolute atomic E-state index is 0.527. The van der Waals surface area contributed by atoms with Crippen molar-refractivity contribution >= 4 is 0 Å². The maximum atomic E-state index is 12.9. The molecule has 0 saturated heterocycles. The van der Waals surface area contributed by atoms with Crippen molar-refractivity contribution in [2.75, 3.05) is 0 Å². The second-order valence-corrected chi connectivity index (χ2v) is 4.24. The molecule has 1 heteroatoms. The van der Waals surface area contributed by atoms with Gasteiger partial charge in [0.1, 0.15) is 6.17 Å². The van der Waals surface area contributed by atoms with Crippen LogP contribution in [-0.4, -0.2) is 6.17 Å². The number of allylic oxidation sites excluding steroid dienone is 4. The average Bonchev–Trinajstić information content (AvgIpc) is 2.44. The van der Waals surface area contributed by atoms with E-state index in [-0.39, 0.29) is 0 Å². The van der Waals surface area contributed by atoms with E-state index < -0.39 is 6.17 Å². The Hall–Kier alpha value is -1.37. The number of rotatable bonds is 3. The van der Waals surface area contributed by atoms with Gasteiger partial charge in [0.25, 0.3) is 0 Å². The highest BCUT2D eigenvalue weighted by Gasteiger charge is 2.06. The van der Waals surface area contributed by atoms with Gasteiger partial charge < -0.3 is 0 Å². The van der Waals surface area contributed by atoms with Crippen LogP contribution in [0.5, 0.6) is 0 Å². The first-order chi connectivity index (χ1) is 8.78. The molecule has 1 aliphatic rings. The minimum atomic E-state index is -0.786. The van der Waals surface area contributed by atoms with Gasteiger partial charge in [-0.2, -0.15) is 0 Å². The Labute approximate surface area is 110 Å². The Kier molecular flexibility index (Phi) is 6.42. The summed E-state index contributed by atoms with van der Waals surface area (Å²) in [5.41, 5.74) is 3.88. The van der Waals surface area contributed by atoms with Crippen molar-refractivity contribution in [2.24, 2.45) is 0 Å². The van der Waals surface area contributed by atoms with E-state index >= 15 is 0 Å². The van der Waals surface area contributed by atoms with Gasteiger partial charge in [-0.1, -0.05) is 63.3 Å². The Bertz CT molecular complexity index is 398. The molecule has 1 aromatic rings. The first-order valence-corrected chi connectivity index (χ1v) is 6.87. The van der Waals surface area contributed by atoms with Crippen molar-refractivity contribution in [2.45, 2.75) is 46.2 Å². The third kappa shape index (κ3) is 4.48. The zero-order valence-corrected chi connectivity index (χ0v) is 11.6. The van der Waals surface area contributed by atoms with E-state index in [1.807, 2.05) is 26.0 Å². The first kappa shape index (κ1) is 14.7. The molecule has 98 valence electrons. The molecule has 2 rings (SSSR count). The first-order valence-electron chi connectivity index (χ1n) is 6.87. The minimum Gasteiger partial charge on any atom is -0.243 e. The van der Waals surface area contributed by atoms with Crippen molar-refractivity contribution < 1.29 is 4.39 Å². The lowest BCUT2D eigenvalue weighted by Crippen LogP contribution is -2.00. The maximum absolute atomic E-state index is 12.9. The van der Waals surface area contributed by atoms with E-state index in [0.717, 1.165) is 12.8 Å². The molecule has 0 spiro atoms. The van der Waals surface area contributed by atoms with Crippen LogP contribution in [-0.2, 0) is 12.8 Å². The van der Waals surface area contributed by atoms with E-state index in [2.05, 4.69) is 31.2 Å². The van der Waals surface area contributed by atoms with Crippen LogP contribution >= 0.6 is 0 Å². The molecule has 1 aliphatic carbocycles. The quantitative estimate of drug-likeness (QED) is 0.700. The van der Waals surface area contributed by atoms with Crippen LogP contribution < -0.4 is 0 Å². The third-order valence-electron chi connectivity index (χ3n) is 2.96. The molecule has 0 aromatic heterocycles. The lowest BCUT2D eigenvalue weighted by Gasteiger charge is -2.10. The highest BCUT2D eigenvalue weighted by atomic mass is 19.1. The summed E-state index contributed by atoms with van der Waals surface area (Å²) < 4.78 is 12.9. The van der Waals surface area contributed by atoms with Crippen molar-refractivity contribution in [3.8, 4) is 0 Å². The molecule has 0 N–H and O–H groups in total. The number of benzene rings is 1. The highest BCUT2D eigenvalue weighted by molar-refractivity contribution is 5.32. The van der Waals surface area contributed by atoms with Crippen molar-refractivity contribution in [3.05, 3.63) is 59.2 Å². The Balaban J connectivity index is 0.000000771. The number of hydrogen-bond acceptors (Lipinski definition) is 0. The topological polar surface area (TPSA) is 0 Å². The molecule has 1 aromatic carbocycles. The zero-order valence-electron chi connectivity index (χ0n) is 11.6. The smallest absolute Gasteiger partial charge is 0.122 e. The normalized spacial score (nSPS) is 17.8. The number of halogens is 1. The molecule has 0 nitrogen and oxygen atoms in total. The van der Waals surface area contributed by atoms with Crippen LogP contribution in [0.15, 0.2) is 48.1 Å². The molecule has 0 fully saturated rings. The Morgan fingerprint density at radius 3 is 2.22 bits per heavy atom. The van der Waals surface area contributed by atoms with E-state index in [1.165, 1.54) is 16.7 Å². The average molecular weight is 246 g/mol. The summed E-state index contributed by atoms with van der Waals surface area (Å²) in [6.45, 7) is 6.16. The lowest BCUT2D eigenvalue weighted by atomic mass is 9.98. The fourth-order valence-electron chi connectivity index (χ4n) is 1.90. The predicted molar refractivity (Wildman–Crippen MR) is 77.6 cm³/mol. The predicted octanol–water partition coefficient (Wildman–Crippen LogP) is 5.04. The van der Waals surface area contributed by atoms with Crippen LogP contribution in [0.4, 0.5) is 4.39 Å². The van der Waals surface area contributed by atoms with Gasteiger partial charge in [0.2, 0.25) is 0 Å². The van der Waals surface area contributed by atoms with Crippen molar-refractivity contribution in [1.82, 2.24) is 0 Å². The maximum Gasteiger partial charge on any atom is 0.122 e. The van der Waals surface area contributed by atoms with Crippen LogP contribution in [0.1, 0.15) is 38.3 Å². The molecule has 1 atom stereocenters. The van der Waals surface area contributed by atoms with Crippen LogP contribution in [0.3, 0.4) is 0 Å². The summed E-state index contributed by atoms with van der Waals surface area (Å²) in [6, 6.07) is 8.66. The molecule has 0 aliphatic heterocycles. The van der Waals surface area contributed by atoms with Crippen molar-refractivity contribution in [3.63, 3.8) is 0 Å². The molecule has 0 bridgehead atoms. The summed E-state index contributed by atoms with van der Waals surface area (Å²) >= 11 is 0. The SMILES string of the molecule is CC.CCc1ccc(CC2=CCC(F)C=C2)cc1. The van der Waals surface area contributed by atoms with Gasteiger partial charge >= 0.3 is 0 Å². The van der Waals surface area contributed by atoms with Gasteiger partial charge in [0, 0.05) is 6.42 Å². The lowest BCUT2D eigenvalue weighted by molar-refractivity contribution is 0.400. The summed E-state index contributed by atoms with van der Waals surface area (Å²) in [6.07, 6.45) is 7.28. The highest BCUT2D eigenvalue weighted by Crippen LogP contribution is 2.17. The van der Waals surface area contributed by atoms with E-state index in [9.17, 15) is 4.39 Å². The van der Waals surface area contributed by atoms with E-state index in [0.29, 0.717) is 6.42 Å². The summed E-state index contributed by atoms with van der Waals surface area (Å²) in [7, 11) is 0. The number of alkyl halides is 1. The zero-order chi connectivity index (χ0) is 13.4. The summed E-state index contributed by atoms with van der Waals surface area (Å²) in [5, 5.41) is 0. The van der Waals surface area contributed by atoms with Crippen LogP contribution in [0.25, 0.3) is 0 Å². The van der Waals surface area contributed by atoms with Gasteiger partial charge in [-0.15, -0.1) is 0 Å². The number of hydrogen-bond donors (Lipinski definition) is 0. The molecule has 18 heavy (non-hydrogen) atoms. The van der Waals surface area contributed by atoms with Crippen LogP contribution in [0.2, 0.25) is 0 Å². The fraction of sp³-hybridized carbons (Fsp3) is 0.412. The summed E-state index contributed by atoms with van der Waals surface area (Å²) in [5.74, 6) is 0. The summed E-state index contributed by atoms with van der Waals surface area (Å²) in [4.78, 5) is 0. The molecule has 0 radical (unpaired) electrons. The fourth-order valence-corrected chi connectivity index (χ4v) is 1.90. The standard InChI is InChI=1S/C15H17F.C2H6/c1-2-12-3-5-13(6-4-12)11-14-7-9-15(16)10-8-14;1-2/h3-9,15H,2,10-11H2,1H3;1-2H3. The number of aryl methyl sites for hydroxylation is 1. The van der Waals surface area contributed by atoms with Gasteiger partial charge in [-0.3, -0.25) is 0 Å². The second-order valence-electron chi connectivity index (χ2n) is 4.24. The van der Waals surface area contributed by atoms with Crippen molar-refractivity contribution in [1.29, 1.82) is 0 Å².